The molecule has 1 amide bonds. The summed E-state index contributed by atoms with van der Waals surface area (Å²) >= 11 is 0. The molecule has 0 atom stereocenters. The fourth-order valence-corrected chi connectivity index (χ4v) is 2.16. The Morgan fingerprint density at radius 1 is 1.11 bits per heavy atom. The van der Waals surface area contributed by atoms with Gasteiger partial charge in [0, 0.05) is 6.07 Å². The molecule has 0 saturated carbocycles. The lowest BCUT2D eigenvalue weighted by molar-refractivity contribution is 0.0941. The highest BCUT2D eigenvalue weighted by Gasteiger charge is 2.08. The Balaban J connectivity index is 1.43. The van der Waals surface area contributed by atoms with Crippen molar-refractivity contribution in [3.8, 4) is 11.5 Å². The van der Waals surface area contributed by atoms with Crippen LogP contribution >= 0.6 is 0 Å². The lowest BCUT2D eigenvalue weighted by Crippen LogP contribution is -2.28. The number of anilines is 2. The molecule has 1 aromatic carbocycles. The van der Waals surface area contributed by atoms with Gasteiger partial charge >= 0.3 is 0 Å². The summed E-state index contributed by atoms with van der Waals surface area (Å²) in [6.07, 6.45) is 2.84. The molecule has 2 aromatic heterocycles. The summed E-state index contributed by atoms with van der Waals surface area (Å²) in [4.78, 5) is 20.3. The number of aromatic nitrogens is 3. The molecule has 0 aliphatic carbocycles. The van der Waals surface area contributed by atoms with E-state index in [4.69, 9.17) is 14.0 Å². The van der Waals surface area contributed by atoms with E-state index in [1.165, 1.54) is 12.4 Å². The number of rotatable bonds is 8. The Morgan fingerprint density at radius 2 is 1.89 bits per heavy atom. The van der Waals surface area contributed by atoms with E-state index in [9.17, 15) is 4.79 Å². The maximum absolute atomic E-state index is 12.1. The maximum Gasteiger partial charge on any atom is 0.271 e. The number of benzene rings is 1. The molecule has 0 bridgehead atoms. The van der Waals surface area contributed by atoms with Crippen LogP contribution in [0.2, 0.25) is 0 Å². The van der Waals surface area contributed by atoms with Crippen LogP contribution in [-0.2, 0) is 0 Å². The van der Waals surface area contributed by atoms with Crippen LogP contribution in [-0.4, -0.2) is 41.3 Å². The molecule has 27 heavy (non-hydrogen) atoms. The van der Waals surface area contributed by atoms with Crippen molar-refractivity contribution in [3.63, 3.8) is 0 Å². The van der Waals surface area contributed by atoms with Gasteiger partial charge in [-0.2, -0.15) is 0 Å². The molecular weight excluding hydrogens is 350 g/mol. The summed E-state index contributed by atoms with van der Waals surface area (Å²) < 4.78 is 15.6. The van der Waals surface area contributed by atoms with E-state index in [2.05, 4.69) is 25.8 Å². The second-order valence-electron chi connectivity index (χ2n) is 5.51. The Labute approximate surface area is 155 Å². The summed E-state index contributed by atoms with van der Waals surface area (Å²) in [6.45, 7) is 2.46. The predicted molar refractivity (Wildman–Crippen MR) is 97.4 cm³/mol. The molecule has 3 aromatic rings. The minimum atomic E-state index is -0.329. The van der Waals surface area contributed by atoms with Gasteiger partial charge in [-0.05, 0) is 31.2 Å². The number of hydrogen-bond donors (Lipinski definition) is 2. The number of ether oxygens (including phenoxy) is 2. The number of amides is 1. The number of aryl methyl sites for hydroxylation is 1. The highest BCUT2D eigenvalue weighted by molar-refractivity contribution is 5.92. The molecule has 0 aliphatic heterocycles. The molecule has 9 nitrogen and oxygen atoms in total. The number of carbonyl (C=O) groups is 1. The van der Waals surface area contributed by atoms with E-state index >= 15 is 0 Å². The van der Waals surface area contributed by atoms with Crippen molar-refractivity contribution < 1.29 is 18.8 Å². The first kappa shape index (κ1) is 18.2. The number of nitrogens with zero attached hydrogens (tertiary/aromatic N) is 3. The first-order valence-electron chi connectivity index (χ1n) is 8.21. The van der Waals surface area contributed by atoms with Crippen LogP contribution in [0.25, 0.3) is 0 Å². The largest absolute Gasteiger partial charge is 0.497 e. The van der Waals surface area contributed by atoms with Gasteiger partial charge in [-0.15, -0.1) is 0 Å². The second kappa shape index (κ2) is 8.65. The Bertz CT molecular complexity index is 878. The molecule has 0 radical (unpaired) electrons. The standard InChI is InChI=1S/C18H19N5O4/c1-12-9-16(23-27-12)22-17-11-20-15(10-21-17)18(24)19-7-8-26-14-5-3-13(25-2)4-6-14/h3-6,9-11H,7-8H2,1-2H3,(H,19,24)(H,21,22,23). The van der Waals surface area contributed by atoms with Crippen LogP contribution in [0.4, 0.5) is 11.6 Å². The smallest absolute Gasteiger partial charge is 0.271 e. The van der Waals surface area contributed by atoms with Gasteiger partial charge < -0.3 is 24.6 Å². The van der Waals surface area contributed by atoms with Crippen molar-refractivity contribution in [2.45, 2.75) is 6.92 Å². The summed E-state index contributed by atoms with van der Waals surface area (Å²) in [5, 5.41) is 9.45. The van der Waals surface area contributed by atoms with E-state index in [0.29, 0.717) is 36.3 Å². The van der Waals surface area contributed by atoms with E-state index in [-0.39, 0.29) is 11.6 Å². The molecule has 2 heterocycles. The monoisotopic (exact) mass is 369 g/mol. The summed E-state index contributed by atoms with van der Waals surface area (Å²) in [7, 11) is 1.60. The number of hydrogen-bond acceptors (Lipinski definition) is 8. The average molecular weight is 369 g/mol. The normalized spacial score (nSPS) is 10.3. The minimum Gasteiger partial charge on any atom is -0.497 e. The van der Waals surface area contributed by atoms with Crippen LogP contribution in [0.1, 0.15) is 16.2 Å². The van der Waals surface area contributed by atoms with Crippen LogP contribution < -0.4 is 20.1 Å². The zero-order chi connectivity index (χ0) is 19.1. The number of carbonyl (C=O) groups excluding carboxylic acids is 1. The van der Waals surface area contributed by atoms with Crippen LogP contribution in [0, 0.1) is 6.92 Å². The van der Waals surface area contributed by atoms with Crippen LogP contribution in [0.15, 0.2) is 47.2 Å². The SMILES string of the molecule is COc1ccc(OCCNC(=O)c2cnc(Nc3cc(C)on3)cn2)cc1. The minimum absolute atomic E-state index is 0.210. The summed E-state index contributed by atoms with van der Waals surface area (Å²) in [6, 6.07) is 8.94. The van der Waals surface area contributed by atoms with Gasteiger partial charge in [0.25, 0.3) is 5.91 Å². The highest BCUT2D eigenvalue weighted by atomic mass is 16.5. The third kappa shape index (κ3) is 5.18. The molecule has 0 aliphatic rings. The molecular formula is C18H19N5O4. The van der Waals surface area contributed by atoms with Gasteiger partial charge in [-0.1, -0.05) is 5.16 Å². The Kier molecular flexibility index (Phi) is 5.83. The first-order chi connectivity index (χ1) is 13.1. The fourth-order valence-electron chi connectivity index (χ4n) is 2.16. The molecule has 9 heteroatoms. The van der Waals surface area contributed by atoms with E-state index in [0.717, 1.165) is 5.75 Å². The highest BCUT2D eigenvalue weighted by Crippen LogP contribution is 2.16. The maximum atomic E-state index is 12.1. The lowest BCUT2D eigenvalue weighted by atomic mass is 10.3. The predicted octanol–water partition coefficient (Wildman–Crippen LogP) is 2.33. The Morgan fingerprint density at radius 3 is 2.52 bits per heavy atom. The third-order valence-electron chi connectivity index (χ3n) is 3.48. The molecule has 0 fully saturated rings. The zero-order valence-electron chi connectivity index (χ0n) is 14.9. The Hall–Kier alpha value is -3.62. The van der Waals surface area contributed by atoms with Gasteiger partial charge in [0.2, 0.25) is 0 Å². The molecule has 2 N–H and O–H groups in total. The van der Waals surface area contributed by atoms with Crippen molar-refractivity contribution in [2.75, 3.05) is 25.6 Å². The van der Waals surface area contributed by atoms with Gasteiger partial charge in [-0.3, -0.25) is 4.79 Å². The van der Waals surface area contributed by atoms with Crippen molar-refractivity contribution in [1.82, 2.24) is 20.4 Å². The quantitative estimate of drug-likeness (QED) is 0.582. The zero-order valence-corrected chi connectivity index (χ0v) is 14.9. The number of nitrogens with one attached hydrogen (secondary N) is 2. The van der Waals surface area contributed by atoms with E-state index in [1.807, 2.05) is 0 Å². The molecule has 0 spiro atoms. The fraction of sp³-hybridized carbons (Fsp3) is 0.222. The van der Waals surface area contributed by atoms with Gasteiger partial charge in [0.15, 0.2) is 5.82 Å². The van der Waals surface area contributed by atoms with Crippen LogP contribution in [0.5, 0.6) is 11.5 Å². The van der Waals surface area contributed by atoms with Gasteiger partial charge in [0.1, 0.15) is 35.4 Å². The summed E-state index contributed by atoms with van der Waals surface area (Å²) in [5.41, 5.74) is 0.210. The van der Waals surface area contributed by atoms with Crippen molar-refractivity contribution >= 4 is 17.5 Å². The average Bonchev–Trinajstić information content (AvgIpc) is 3.10. The first-order valence-corrected chi connectivity index (χ1v) is 8.21. The second-order valence-corrected chi connectivity index (χ2v) is 5.51. The van der Waals surface area contributed by atoms with Crippen molar-refractivity contribution in [1.29, 1.82) is 0 Å². The molecule has 0 unspecified atom stereocenters. The third-order valence-corrected chi connectivity index (χ3v) is 3.48. The molecule has 140 valence electrons. The van der Waals surface area contributed by atoms with Crippen LogP contribution in [0.3, 0.4) is 0 Å². The lowest BCUT2D eigenvalue weighted by Gasteiger charge is -2.08. The topological polar surface area (TPSA) is 111 Å². The van der Waals surface area contributed by atoms with Gasteiger partial charge in [0.05, 0.1) is 26.0 Å². The van der Waals surface area contributed by atoms with E-state index < -0.39 is 0 Å². The van der Waals surface area contributed by atoms with Crippen molar-refractivity contribution in [3.05, 3.63) is 54.2 Å². The van der Waals surface area contributed by atoms with Crippen molar-refractivity contribution in [2.24, 2.45) is 0 Å². The van der Waals surface area contributed by atoms with Gasteiger partial charge in [-0.25, -0.2) is 9.97 Å². The molecule has 3 rings (SSSR count). The summed E-state index contributed by atoms with van der Waals surface area (Å²) in [5.74, 6) is 2.79. The number of methoxy groups -OCH3 is 1. The molecule has 0 saturated heterocycles. The van der Waals surface area contributed by atoms with E-state index in [1.54, 1.807) is 44.4 Å².